The van der Waals surface area contributed by atoms with Gasteiger partial charge >= 0.3 is 5.97 Å². The number of hydrazone groups is 1. The van der Waals surface area contributed by atoms with E-state index in [-0.39, 0.29) is 11.5 Å². The molecule has 0 unspecified atom stereocenters. The lowest BCUT2D eigenvalue weighted by Crippen LogP contribution is -2.43. The van der Waals surface area contributed by atoms with Gasteiger partial charge in [-0.05, 0) is 37.5 Å². The number of carboxylic acid groups (broad SMARTS) is 1. The van der Waals surface area contributed by atoms with Crippen molar-refractivity contribution in [2.75, 3.05) is 13.2 Å². The van der Waals surface area contributed by atoms with Crippen molar-refractivity contribution in [2.45, 2.75) is 26.3 Å². The van der Waals surface area contributed by atoms with Crippen molar-refractivity contribution < 1.29 is 19.4 Å². The summed E-state index contributed by atoms with van der Waals surface area (Å²) in [6.45, 7) is 3.32. The van der Waals surface area contributed by atoms with Crippen LogP contribution in [-0.4, -0.2) is 40.9 Å². The van der Waals surface area contributed by atoms with Gasteiger partial charge in [0.15, 0.2) is 0 Å². The summed E-state index contributed by atoms with van der Waals surface area (Å²) >= 11 is 0. The molecule has 6 nitrogen and oxygen atoms in total. The Morgan fingerprint density at radius 1 is 1.41 bits per heavy atom. The van der Waals surface area contributed by atoms with Crippen molar-refractivity contribution in [3.8, 4) is 0 Å². The second kappa shape index (κ2) is 5.53. The third-order valence-electron chi connectivity index (χ3n) is 4.46. The Hall–Kier alpha value is -2.21. The van der Waals surface area contributed by atoms with Crippen molar-refractivity contribution >= 4 is 17.6 Å². The first-order valence-corrected chi connectivity index (χ1v) is 7.30. The van der Waals surface area contributed by atoms with Crippen LogP contribution in [0.2, 0.25) is 0 Å². The average Bonchev–Trinajstić information content (AvgIpc) is 2.73. The summed E-state index contributed by atoms with van der Waals surface area (Å²) in [7, 11) is 0. The number of carbonyl (C=O) groups is 2. The van der Waals surface area contributed by atoms with Crippen LogP contribution in [0.1, 0.15) is 35.7 Å². The fourth-order valence-corrected chi connectivity index (χ4v) is 3.10. The van der Waals surface area contributed by atoms with Gasteiger partial charge in [0.2, 0.25) is 0 Å². The lowest BCUT2D eigenvalue weighted by Gasteiger charge is -2.31. The predicted molar refractivity (Wildman–Crippen MR) is 79.5 cm³/mol. The highest BCUT2D eigenvalue weighted by Gasteiger charge is 2.49. The highest BCUT2D eigenvalue weighted by atomic mass is 16.5. The molecular formula is C16H18N2O4. The highest BCUT2D eigenvalue weighted by molar-refractivity contribution is 6.11. The van der Waals surface area contributed by atoms with E-state index in [1.165, 1.54) is 11.1 Å². The number of hydrogen-bond donors (Lipinski definition) is 1. The Labute approximate surface area is 128 Å². The SMILES string of the molecule is CC1=NN(Cc2cccc(C(=O)O)c2)C(=O)C12CCOCC2. The van der Waals surface area contributed by atoms with Crippen LogP contribution in [0.25, 0.3) is 0 Å². The molecule has 2 aliphatic rings. The Kier molecular flexibility index (Phi) is 3.70. The van der Waals surface area contributed by atoms with E-state index in [9.17, 15) is 9.59 Å². The molecule has 0 saturated carbocycles. The maximum Gasteiger partial charge on any atom is 0.335 e. The summed E-state index contributed by atoms with van der Waals surface area (Å²) in [5.41, 5.74) is 1.28. The molecule has 0 radical (unpaired) electrons. The molecule has 2 heterocycles. The van der Waals surface area contributed by atoms with Crippen LogP contribution < -0.4 is 0 Å². The maximum absolute atomic E-state index is 12.8. The minimum absolute atomic E-state index is 0.00553. The molecule has 1 saturated heterocycles. The van der Waals surface area contributed by atoms with Crippen LogP contribution in [0.4, 0.5) is 0 Å². The molecule has 0 aliphatic carbocycles. The number of rotatable bonds is 3. The van der Waals surface area contributed by atoms with Gasteiger partial charge in [0.25, 0.3) is 5.91 Å². The second-order valence-electron chi connectivity index (χ2n) is 5.75. The summed E-state index contributed by atoms with van der Waals surface area (Å²) in [5, 5.41) is 14.9. The second-order valence-corrected chi connectivity index (χ2v) is 5.75. The van der Waals surface area contributed by atoms with Crippen LogP contribution in [0, 0.1) is 5.41 Å². The molecule has 0 aromatic heterocycles. The number of hydrogen-bond acceptors (Lipinski definition) is 4. The molecule has 1 amide bonds. The van der Waals surface area contributed by atoms with Gasteiger partial charge in [-0.3, -0.25) is 4.79 Å². The molecule has 1 aromatic rings. The Balaban J connectivity index is 1.81. The molecule has 1 aromatic carbocycles. The fraction of sp³-hybridized carbons (Fsp3) is 0.438. The van der Waals surface area contributed by atoms with E-state index in [1.54, 1.807) is 18.2 Å². The van der Waals surface area contributed by atoms with E-state index in [0.29, 0.717) is 32.6 Å². The molecule has 116 valence electrons. The molecule has 3 rings (SSSR count). The van der Waals surface area contributed by atoms with Crippen molar-refractivity contribution in [3.63, 3.8) is 0 Å². The molecule has 6 heteroatoms. The van der Waals surface area contributed by atoms with Crippen molar-refractivity contribution in [1.29, 1.82) is 0 Å². The Morgan fingerprint density at radius 2 is 2.14 bits per heavy atom. The number of nitrogens with zero attached hydrogens (tertiary/aromatic N) is 2. The zero-order valence-corrected chi connectivity index (χ0v) is 12.4. The minimum Gasteiger partial charge on any atom is -0.478 e. The quantitative estimate of drug-likeness (QED) is 0.925. The molecule has 2 aliphatic heterocycles. The summed E-state index contributed by atoms with van der Waals surface area (Å²) in [5.74, 6) is -0.982. The third-order valence-corrected chi connectivity index (χ3v) is 4.46. The molecule has 1 spiro atoms. The van der Waals surface area contributed by atoms with Crippen LogP contribution in [0.3, 0.4) is 0 Å². The van der Waals surface area contributed by atoms with E-state index in [4.69, 9.17) is 9.84 Å². The van der Waals surface area contributed by atoms with Crippen molar-refractivity contribution in [2.24, 2.45) is 10.5 Å². The number of aromatic carboxylic acids is 1. The summed E-state index contributed by atoms with van der Waals surface area (Å²) in [6, 6.07) is 6.60. The smallest absolute Gasteiger partial charge is 0.335 e. The molecular weight excluding hydrogens is 284 g/mol. The van der Waals surface area contributed by atoms with Crippen LogP contribution in [0.15, 0.2) is 29.4 Å². The van der Waals surface area contributed by atoms with Crippen LogP contribution in [-0.2, 0) is 16.1 Å². The van der Waals surface area contributed by atoms with Gasteiger partial charge in [-0.15, -0.1) is 0 Å². The number of carboxylic acids is 1. The van der Waals surface area contributed by atoms with Gasteiger partial charge in [-0.25, -0.2) is 9.80 Å². The number of amides is 1. The Morgan fingerprint density at radius 3 is 2.82 bits per heavy atom. The number of ether oxygens (including phenoxy) is 1. The highest BCUT2D eigenvalue weighted by Crippen LogP contribution is 2.39. The molecule has 22 heavy (non-hydrogen) atoms. The van der Waals surface area contributed by atoms with Crippen LogP contribution >= 0.6 is 0 Å². The largest absolute Gasteiger partial charge is 0.478 e. The fourth-order valence-electron chi connectivity index (χ4n) is 3.10. The average molecular weight is 302 g/mol. The molecule has 0 atom stereocenters. The zero-order valence-electron chi connectivity index (χ0n) is 12.4. The summed E-state index contributed by atoms with van der Waals surface area (Å²) in [6.07, 6.45) is 1.32. The summed E-state index contributed by atoms with van der Waals surface area (Å²) < 4.78 is 5.36. The molecule has 1 N–H and O–H groups in total. The zero-order chi connectivity index (χ0) is 15.7. The van der Waals surface area contributed by atoms with Crippen LogP contribution in [0.5, 0.6) is 0 Å². The standard InChI is InChI=1S/C16H18N2O4/c1-11-16(5-7-22-8-6-16)15(21)18(17-11)10-12-3-2-4-13(9-12)14(19)20/h2-4,9H,5-8,10H2,1H3,(H,19,20). The number of carbonyl (C=O) groups excluding carboxylic acids is 1. The van der Waals surface area contributed by atoms with Gasteiger partial charge in [0.05, 0.1) is 23.2 Å². The minimum atomic E-state index is -0.977. The van der Waals surface area contributed by atoms with E-state index < -0.39 is 11.4 Å². The first kappa shape index (κ1) is 14.7. The topological polar surface area (TPSA) is 79.2 Å². The third kappa shape index (κ3) is 2.39. The van der Waals surface area contributed by atoms with Crippen molar-refractivity contribution in [1.82, 2.24) is 5.01 Å². The van der Waals surface area contributed by atoms with Gasteiger partial charge in [0, 0.05) is 13.2 Å². The van der Waals surface area contributed by atoms with Gasteiger partial charge in [-0.1, -0.05) is 12.1 Å². The Bertz CT molecular complexity index is 647. The lowest BCUT2D eigenvalue weighted by molar-refractivity contribution is -0.140. The lowest BCUT2D eigenvalue weighted by atomic mass is 9.76. The van der Waals surface area contributed by atoms with E-state index in [1.807, 2.05) is 6.92 Å². The maximum atomic E-state index is 12.8. The monoisotopic (exact) mass is 302 g/mol. The first-order valence-electron chi connectivity index (χ1n) is 7.30. The summed E-state index contributed by atoms with van der Waals surface area (Å²) in [4.78, 5) is 23.8. The normalized spacial score (nSPS) is 20.3. The van der Waals surface area contributed by atoms with Gasteiger partial charge < -0.3 is 9.84 Å². The number of benzene rings is 1. The van der Waals surface area contributed by atoms with Gasteiger partial charge in [0.1, 0.15) is 0 Å². The molecule has 0 bridgehead atoms. The van der Waals surface area contributed by atoms with Crippen molar-refractivity contribution in [3.05, 3.63) is 35.4 Å². The van der Waals surface area contributed by atoms with E-state index in [2.05, 4.69) is 5.10 Å². The first-order chi connectivity index (χ1) is 10.5. The van der Waals surface area contributed by atoms with Gasteiger partial charge in [-0.2, -0.15) is 5.10 Å². The predicted octanol–water partition coefficient (Wildman–Crippen LogP) is 1.90. The van der Waals surface area contributed by atoms with E-state index in [0.717, 1.165) is 11.3 Å². The molecule has 1 fully saturated rings. The van der Waals surface area contributed by atoms with E-state index >= 15 is 0 Å².